The number of aliphatic hydroxyl groups excluding tert-OH is 1. The number of rotatable bonds is 3. The molecule has 5 N–H and O–H groups in total. The molecule has 1 saturated heterocycles. The lowest BCUT2D eigenvalue weighted by molar-refractivity contribution is 0.205. The number of aliphatic hydroxyl groups is 1. The van der Waals surface area contributed by atoms with Gasteiger partial charge in [0.2, 0.25) is 0 Å². The van der Waals surface area contributed by atoms with Crippen molar-refractivity contribution in [2.75, 3.05) is 18.0 Å². The number of hydrogen-bond donors (Lipinski definition) is 3. The molecular weight excluding hydrogens is 321 g/mol. The van der Waals surface area contributed by atoms with Crippen molar-refractivity contribution in [3.05, 3.63) is 35.1 Å². The minimum absolute atomic E-state index is 0.183. The second-order valence-corrected chi connectivity index (χ2v) is 6.57. The van der Waals surface area contributed by atoms with E-state index in [9.17, 15) is 9.50 Å². The third-order valence-electron chi connectivity index (χ3n) is 4.60. The highest BCUT2D eigenvalue weighted by Gasteiger charge is 2.22. The van der Waals surface area contributed by atoms with Gasteiger partial charge in [-0.25, -0.2) is 14.4 Å². The standard InChI is InChI=1S/C18H24FN5O/c1-10-15(19)4-3-12-9-14(17(21)22-11(2)25)18(23-16(10)12)24-7-5-13(20)6-8-24/h3-4,9,11,13,25H,5-8,20H2,1-2H3,(H2,21,22). The van der Waals surface area contributed by atoms with Crippen molar-refractivity contribution in [3.63, 3.8) is 0 Å². The van der Waals surface area contributed by atoms with Gasteiger partial charge in [-0.15, -0.1) is 0 Å². The van der Waals surface area contributed by atoms with Crippen LogP contribution in [0.3, 0.4) is 0 Å². The molecule has 1 aromatic carbocycles. The zero-order valence-electron chi connectivity index (χ0n) is 14.5. The van der Waals surface area contributed by atoms with Crippen molar-refractivity contribution in [3.8, 4) is 0 Å². The molecule has 7 heteroatoms. The van der Waals surface area contributed by atoms with E-state index >= 15 is 0 Å². The summed E-state index contributed by atoms with van der Waals surface area (Å²) < 4.78 is 14.0. The zero-order valence-corrected chi connectivity index (χ0v) is 14.5. The summed E-state index contributed by atoms with van der Waals surface area (Å²) >= 11 is 0. The first kappa shape index (κ1) is 17.6. The smallest absolute Gasteiger partial charge is 0.144 e. The third kappa shape index (κ3) is 3.57. The number of hydrogen-bond acceptors (Lipinski definition) is 5. The molecule has 0 spiro atoms. The summed E-state index contributed by atoms with van der Waals surface area (Å²) in [4.78, 5) is 10.9. The molecule has 2 heterocycles. The third-order valence-corrected chi connectivity index (χ3v) is 4.60. The number of halogens is 1. The van der Waals surface area contributed by atoms with Crippen LogP contribution in [0.1, 0.15) is 30.9 Å². The van der Waals surface area contributed by atoms with E-state index in [0.717, 1.165) is 31.3 Å². The van der Waals surface area contributed by atoms with Crippen LogP contribution in [0.5, 0.6) is 0 Å². The predicted molar refractivity (Wildman–Crippen MR) is 98.3 cm³/mol. The molecule has 0 aliphatic carbocycles. The number of fused-ring (bicyclic) bond motifs is 1. The summed E-state index contributed by atoms with van der Waals surface area (Å²) in [6, 6.07) is 5.15. The molecule has 1 fully saturated rings. The van der Waals surface area contributed by atoms with Gasteiger partial charge < -0.3 is 21.5 Å². The summed E-state index contributed by atoms with van der Waals surface area (Å²) in [5.74, 6) is 0.594. The van der Waals surface area contributed by atoms with Gasteiger partial charge in [0, 0.05) is 30.1 Å². The van der Waals surface area contributed by atoms with E-state index in [-0.39, 0.29) is 17.7 Å². The van der Waals surface area contributed by atoms with E-state index in [0.29, 0.717) is 22.5 Å². The van der Waals surface area contributed by atoms with Crippen LogP contribution in [0.4, 0.5) is 10.2 Å². The Morgan fingerprint density at radius 2 is 2.08 bits per heavy atom. The van der Waals surface area contributed by atoms with Gasteiger partial charge in [-0.05, 0) is 44.9 Å². The average Bonchev–Trinajstić information content (AvgIpc) is 2.57. The molecule has 25 heavy (non-hydrogen) atoms. The maximum absolute atomic E-state index is 14.0. The average molecular weight is 345 g/mol. The molecule has 1 unspecified atom stereocenters. The van der Waals surface area contributed by atoms with Gasteiger partial charge in [-0.2, -0.15) is 0 Å². The fraction of sp³-hybridized carbons (Fsp3) is 0.444. The number of amidine groups is 1. The van der Waals surface area contributed by atoms with Gasteiger partial charge in [-0.3, -0.25) is 0 Å². The number of nitrogens with zero attached hydrogens (tertiary/aromatic N) is 3. The molecule has 3 rings (SSSR count). The molecule has 0 bridgehead atoms. The Morgan fingerprint density at radius 3 is 2.72 bits per heavy atom. The largest absolute Gasteiger partial charge is 0.383 e. The van der Waals surface area contributed by atoms with Gasteiger partial charge in [0.1, 0.15) is 23.7 Å². The topological polar surface area (TPSA) is 101 Å². The molecule has 2 aromatic rings. The number of aromatic nitrogens is 1. The second-order valence-electron chi connectivity index (χ2n) is 6.57. The maximum atomic E-state index is 14.0. The molecule has 1 aliphatic rings. The van der Waals surface area contributed by atoms with Crippen LogP contribution in [-0.2, 0) is 0 Å². The number of anilines is 1. The fourth-order valence-electron chi connectivity index (χ4n) is 3.16. The van der Waals surface area contributed by atoms with Gasteiger partial charge in [0.25, 0.3) is 0 Å². The van der Waals surface area contributed by atoms with Crippen molar-refractivity contribution < 1.29 is 9.50 Å². The highest BCUT2D eigenvalue weighted by molar-refractivity contribution is 6.05. The van der Waals surface area contributed by atoms with Crippen LogP contribution < -0.4 is 16.4 Å². The van der Waals surface area contributed by atoms with Gasteiger partial charge in [-0.1, -0.05) is 0 Å². The van der Waals surface area contributed by atoms with Crippen LogP contribution in [-0.4, -0.2) is 41.3 Å². The SMILES string of the molecule is Cc1c(F)ccc2cc(C(N)=NC(C)O)c(N3CCC(N)CC3)nc12. The van der Waals surface area contributed by atoms with Crippen molar-refractivity contribution >= 4 is 22.6 Å². The Hall–Kier alpha value is -2.25. The summed E-state index contributed by atoms with van der Waals surface area (Å²) in [6.07, 6.45) is 0.803. The lowest BCUT2D eigenvalue weighted by Gasteiger charge is -2.32. The number of pyridine rings is 1. The molecule has 1 aromatic heterocycles. The first-order valence-corrected chi connectivity index (χ1v) is 8.49. The van der Waals surface area contributed by atoms with Crippen LogP contribution in [0, 0.1) is 12.7 Å². The normalized spacial score (nSPS) is 18.0. The minimum atomic E-state index is -0.909. The predicted octanol–water partition coefficient (Wildman–Crippen LogP) is 1.65. The van der Waals surface area contributed by atoms with Crippen molar-refractivity contribution in [2.24, 2.45) is 16.5 Å². The lowest BCUT2D eigenvalue weighted by atomic mass is 10.0. The number of aryl methyl sites for hydroxylation is 1. The van der Waals surface area contributed by atoms with Crippen LogP contribution in [0.25, 0.3) is 10.9 Å². The molecule has 0 amide bonds. The van der Waals surface area contributed by atoms with E-state index < -0.39 is 6.23 Å². The monoisotopic (exact) mass is 345 g/mol. The first-order chi connectivity index (χ1) is 11.9. The van der Waals surface area contributed by atoms with Crippen molar-refractivity contribution in [2.45, 2.75) is 39.0 Å². The summed E-state index contributed by atoms with van der Waals surface area (Å²) in [7, 11) is 0. The van der Waals surface area contributed by atoms with E-state index in [2.05, 4.69) is 9.89 Å². The fourth-order valence-corrected chi connectivity index (χ4v) is 3.16. The van der Waals surface area contributed by atoms with E-state index in [1.807, 2.05) is 6.07 Å². The number of aliphatic imine (C=N–C) groups is 1. The molecule has 1 atom stereocenters. The van der Waals surface area contributed by atoms with Crippen LogP contribution >= 0.6 is 0 Å². The number of piperidine rings is 1. The lowest BCUT2D eigenvalue weighted by Crippen LogP contribution is -2.41. The molecule has 134 valence electrons. The molecule has 6 nitrogen and oxygen atoms in total. The maximum Gasteiger partial charge on any atom is 0.144 e. The Kier molecular flexibility index (Phi) is 4.87. The van der Waals surface area contributed by atoms with Crippen molar-refractivity contribution in [1.29, 1.82) is 0 Å². The number of nitrogens with two attached hydrogens (primary N) is 2. The minimum Gasteiger partial charge on any atom is -0.383 e. The van der Waals surface area contributed by atoms with Gasteiger partial charge >= 0.3 is 0 Å². The first-order valence-electron chi connectivity index (χ1n) is 8.49. The van der Waals surface area contributed by atoms with E-state index in [4.69, 9.17) is 16.5 Å². The molecular formula is C18H24FN5O. The zero-order chi connectivity index (χ0) is 18.1. The van der Waals surface area contributed by atoms with E-state index in [1.54, 1.807) is 19.9 Å². The Labute approximate surface area is 146 Å². The number of benzene rings is 1. The molecule has 1 aliphatic heterocycles. The Bertz CT molecular complexity index is 813. The van der Waals surface area contributed by atoms with Gasteiger partial charge in [0.15, 0.2) is 0 Å². The molecule has 0 radical (unpaired) electrons. The molecule has 0 saturated carbocycles. The van der Waals surface area contributed by atoms with Crippen LogP contribution in [0.15, 0.2) is 23.2 Å². The summed E-state index contributed by atoms with van der Waals surface area (Å²) in [6.45, 7) is 4.76. The second kappa shape index (κ2) is 6.93. The van der Waals surface area contributed by atoms with Crippen LogP contribution in [0.2, 0.25) is 0 Å². The summed E-state index contributed by atoms with van der Waals surface area (Å²) in [5, 5.41) is 10.3. The highest BCUT2D eigenvalue weighted by Crippen LogP contribution is 2.28. The highest BCUT2D eigenvalue weighted by atomic mass is 19.1. The quantitative estimate of drug-likeness (QED) is 0.580. The van der Waals surface area contributed by atoms with Crippen molar-refractivity contribution in [1.82, 2.24) is 4.98 Å². The Morgan fingerprint density at radius 1 is 1.40 bits per heavy atom. The Balaban J connectivity index is 2.17. The van der Waals surface area contributed by atoms with E-state index in [1.165, 1.54) is 6.07 Å². The van der Waals surface area contributed by atoms with Gasteiger partial charge in [0.05, 0.1) is 11.1 Å². The summed E-state index contributed by atoms with van der Waals surface area (Å²) in [5.41, 5.74) is 13.9.